The van der Waals surface area contributed by atoms with Crippen LogP contribution in [0.3, 0.4) is 0 Å². The van der Waals surface area contributed by atoms with Crippen LogP contribution in [0.4, 0.5) is 26.3 Å². The minimum absolute atomic E-state index is 0.187. The number of amides is 1. The number of thiophene rings is 1. The Bertz CT molecular complexity index is 1060. The van der Waals surface area contributed by atoms with Crippen molar-refractivity contribution >= 4 is 29.2 Å². The molecule has 2 saturated heterocycles. The molecule has 0 saturated carbocycles. The number of aliphatic carboxylic acids is 2. The van der Waals surface area contributed by atoms with Crippen LogP contribution in [0.5, 0.6) is 0 Å². The quantitative estimate of drug-likeness (QED) is 0.464. The lowest BCUT2D eigenvalue weighted by Gasteiger charge is -2.34. The van der Waals surface area contributed by atoms with E-state index in [4.69, 9.17) is 19.8 Å². The molecule has 4 rings (SSSR count). The molecule has 1 atom stereocenters. The highest BCUT2D eigenvalue weighted by atomic mass is 32.1. The van der Waals surface area contributed by atoms with Gasteiger partial charge >= 0.3 is 24.3 Å². The van der Waals surface area contributed by atoms with Gasteiger partial charge in [-0.15, -0.1) is 11.3 Å². The normalized spacial score (nSPS) is 17.9. The van der Waals surface area contributed by atoms with Crippen LogP contribution in [0.15, 0.2) is 36.5 Å². The molecule has 39 heavy (non-hydrogen) atoms. The molecule has 9 nitrogen and oxygen atoms in total. The molecule has 2 aromatic heterocycles. The molecular weight excluding hydrogens is 558 g/mol. The number of alkyl halides is 6. The van der Waals surface area contributed by atoms with Gasteiger partial charge in [0.15, 0.2) is 0 Å². The van der Waals surface area contributed by atoms with Crippen LogP contribution in [-0.4, -0.2) is 87.9 Å². The Morgan fingerprint density at radius 1 is 0.949 bits per heavy atom. The zero-order valence-corrected chi connectivity index (χ0v) is 21.2. The number of nitrogens with zero attached hydrogens (tertiary/aromatic N) is 3. The van der Waals surface area contributed by atoms with Crippen molar-refractivity contribution in [1.29, 1.82) is 0 Å². The highest BCUT2D eigenvalue weighted by Gasteiger charge is 2.38. The molecule has 3 N–H and O–H groups in total. The van der Waals surface area contributed by atoms with Crippen molar-refractivity contribution < 1.29 is 50.9 Å². The molecule has 216 valence electrons. The highest BCUT2D eigenvalue weighted by molar-refractivity contribution is 7.14. The Morgan fingerprint density at radius 2 is 1.54 bits per heavy atom. The Morgan fingerprint density at radius 3 is 2.00 bits per heavy atom. The van der Waals surface area contributed by atoms with Gasteiger partial charge in [0, 0.05) is 49.8 Å². The molecular formula is C23H26F6N4O5S. The van der Waals surface area contributed by atoms with Crippen molar-refractivity contribution in [3.63, 3.8) is 0 Å². The summed E-state index contributed by atoms with van der Waals surface area (Å²) in [4.78, 5) is 41.5. The Kier molecular flexibility index (Phi) is 11.7. The largest absolute Gasteiger partial charge is 0.490 e. The third kappa shape index (κ3) is 10.8. The molecule has 0 spiro atoms. The minimum atomic E-state index is -5.08. The number of carbonyl (C=O) groups is 3. The van der Waals surface area contributed by atoms with Crippen molar-refractivity contribution in [3.05, 3.63) is 52.0 Å². The van der Waals surface area contributed by atoms with Crippen molar-refractivity contribution in [2.75, 3.05) is 32.7 Å². The van der Waals surface area contributed by atoms with E-state index in [9.17, 15) is 31.1 Å². The molecule has 0 radical (unpaired) electrons. The number of pyridine rings is 1. The first-order chi connectivity index (χ1) is 18.2. The summed E-state index contributed by atoms with van der Waals surface area (Å²) in [5.41, 5.74) is 1.09. The molecule has 2 aliphatic rings. The fraction of sp³-hybridized carbons (Fsp3) is 0.478. The van der Waals surface area contributed by atoms with E-state index in [0.717, 1.165) is 49.8 Å². The number of aromatic nitrogens is 1. The first-order valence-electron chi connectivity index (χ1n) is 11.5. The second kappa shape index (κ2) is 14.2. The molecule has 0 aliphatic carbocycles. The first kappa shape index (κ1) is 32.0. The summed E-state index contributed by atoms with van der Waals surface area (Å²) in [5.74, 6) is -5.33. The SMILES string of the molecule is O=C(O)C(F)(F)F.O=C(O)C(F)(F)F.O=C(c1ccc(C2CCCN2)s1)N1CCN(Cc2ccccn2)CC1. The first-order valence-corrected chi connectivity index (χ1v) is 12.3. The van der Waals surface area contributed by atoms with Crippen LogP contribution in [0.1, 0.15) is 39.1 Å². The molecule has 4 heterocycles. The summed E-state index contributed by atoms with van der Waals surface area (Å²) in [6.07, 6.45) is -5.92. The average molecular weight is 585 g/mol. The predicted molar refractivity (Wildman–Crippen MR) is 127 cm³/mol. The summed E-state index contributed by atoms with van der Waals surface area (Å²) in [6, 6.07) is 10.6. The molecule has 16 heteroatoms. The number of halogens is 6. The summed E-state index contributed by atoms with van der Waals surface area (Å²) in [6.45, 7) is 5.35. The van der Waals surface area contributed by atoms with Crippen LogP contribution >= 0.6 is 11.3 Å². The number of nitrogens with one attached hydrogen (secondary N) is 1. The molecule has 0 bridgehead atoms. The molecule has 1 unspecified atom stereocenters. The number of hydrogen-bond acceptors (Lipinski definition) is 7. The van der Waals surface area contributed by atoms with E-state index < -0.39 is 24.3 Å². The highest BCUT2D eigenvalue weighted by Crippen LogP contribution is 2.30. The van der Waals surface area contributed by atoms with Gasteiger partial charge in [0.1, 0.15) is 0 Å². The van der Waals surface area contributed by atoms with E-state index in [1.165, 1.54) is 17.7 Å². The minimum Gasteiger partial charge on any atom is -0.475 e. The van der Waals surface area contributed by atoms with Crippen LogP contribution in [0.2, 0.25) is 0 Å². The number of hydrogen-bond donors (Lipinski definition) is 3. The van der Waals surface area contributed by atoms with Crippen molar-refractivity contribution in [2.45, 2.75) is 37.8 Å². The number of carboxylic acids is 2. The smallest absolute Gasteiger partial charge is 0.475 e. The Balaban J connectivity index is 0.000000317. The van der Waals surface area contributed by atoms with E-state index >= 15 is 0 Å². The fourth-order valence-corrected chi connectivity index (χ4v) is 4.65. The summed E-state index contributed by atoms with van der Waals surface area (Å²) < 4.78 is 63.5. The molecule has 0 aromatic carbocycles. The van der Waals surface area contributed by atoms with E-state index in [1.807, 2.05) is 29.3 Å². The predicted octanol–water partition coefficient (Wildman–Crippen LogP) is 3.79. The third-order valence-electron chi connectivity index (χ3n) is 5.50. The van der Waals surface area contributed by atoms with Crippen LogP contribution in [0, 0.1) is 0 Å². The van der Waals surface area contributed by atoms with E-state index in [0.29, 0.717) is 6.04 Å². The Hall–Kier alpha value is -3.24. The lowest BCUT2D eigenvalue weighted by molar-refractivity contribution is -0.193. The zero-order valence-electron chi connectivity index (χ0n) is 20.3. The lowest BCUT2D eigenvalue weighted by Crippen LogP contribution is -2.48. The van der Waals surface area contributed by atoms with Gasteiger partial charge < -0.3 is 20.4 Å². The van der Waals surface area contributed by atoms with Crippen molar-refractivity contribution in [3.8, 4) is 0 Å². The van der Waals surface area contributed by atoms with E-state index in [1.54, 1.807) is 11.3 Å². The van der Waals surface area contributed by atoms with Crippen molar-refractivity contribution in [1.82, 2.24) is 20.1 Å². The van der Waals surface area contributed by atoms with Gasteiger partial charge in [-0.2, -0.15) is 26.3 Å². The molecule has 2 aromatic rings. The van der Waals surface area contributed by atoms with Crippen LogP contribution in [0.25, 0.3) is 0 Å². The Labute approximate surface area is 223 Å². The molecule has 1 amide bonds. The monoisotopic (exact) mass is 584 g/mol. The van der Waals surface area contributed by atoms with Gasteiger partial charge in [0.05, 0.1) is 10.6 Å². The van der Waals surface area contributed by atoms with Gasteiger partial charge in [-0.25, -0.2) is 9.59 Å². The third-order valence-corrected chi connectivity index (χ3v) is 6.68. The van der Waals surface area contributed by atoms with Gasteiger partial charge in [0.2, 0.25) is 0 Å². The summed E-state index contributed by atoms with van der Waals surface area (Å²) in [7, 11) is 0. The maximum absolute atomic E-state index is 12.8. The second-order valence-corrected chi connectivity index (χ2v) is 9.46. The summed E-state index contributed by atoms with van der Waals surface area (Å²) >= 11 is 1.66. The number of rotatable bonds is 4. The molecule has 2 fully saturated rings. The van der Waals surface area contributed by atoms with Gasteiger partial charge in [-0.1, -0.05) is 6.07 Å². The van der Waals surface area contributed by atoms with Crippen molar-refractivity contribution in [2.24, 2.45) is 0 Å². The van der Waals surface area contributed by atoms with E-state index in [-0.39, 0.29) is 5.91 Å². The zero-order chi connectivity index (χ0) is 29.2. The topological polar surface area (TPSA) is 123 Å². The van der Waals surface area contributed by atoms with Gasteiger partial charge in [-0.3, -0.25) is 14.7 Å². The van der Waals surface area contributed by atoms with Crippen LogP contribution < -0.4 is 5.32 Å². The van der Waals surface area contributed by atoms with Gasteiger partial charge in [-0.05, 0) is 43.7 Å². The van der Waals surface area contributed by atoms with Crippen LogP contribution in [-0.2, 0) is 16.1 Å². The number of carboxylic acid groups (broad SMARTS) is 2. The maximum Gasteiger partial charge on any atom is 0.490 e. The maximum atomic E-state index is 12.8. The number of carbonyl (C=O) groups excluding carboxylic acids is 1. The van der Waals surface area contributed by atoms with E-state index in [2.05, 4.69) is 27.3 Å². The summed E-state index contributed by atoms with van der Waals surface area (Å²) in [5, 5.41) is 17.8. The second-order valence-electron chi connectivity index (χ2n) is 8.35. The molecule has 2 aliphatic heterocycles. The van der Waals surface area contributed by atoms with Gasteiger partial charge in [0.25, 0.3) is 5.91 Å². The standard InChI is InChI=1S/C19H24N4OS.2C2HF3O2/c24-19(18-7-6-17(25-18)16-5-3-9-21-16)23-12-10-22(11-13-23)14-15-4-1-2-8-20-15;2*3-2(4,5)1(6)7/h1-2,4,6-8,16,21H,3,5,9-14H2;2*(H,6,7). The number of piperazine rings is 1. The average Bonchev–Trinajstić information content (AvgIpc) is 3.57. The lowest BCUT2D eigenvalue weighted by atomic mass is 10.2. The fourth-order valence-electron chi connectivity index (χ4n) is 3.57.